The number of nitrogens with zero attached hydrogens (tertiary/aromatic N) is 4. The SMILES string of the molecule is COC1=C(F)C=C(c2cnc3c(Nc4ccc(C(=O)N(C)CC5CCOC5)c(C)c4)nccn23)CC1. The van der Waals surface area contributed by atoms with Crippen LogP contribution in [-0.2, 0) is 9.47 Å². The van der Waals surface area contributed by atoms with Crippen LogP contribution in [0.25, 0.3) is 11.2 Å². The van der Waals surface area contributed by atoms with Crippen LogP contribution >= 0.6 is 0 Å². The number of aryl methyl sites for hydroxylation is 1. The largest absolute Gasteiger partial charge is 0.498 e. The number of rotatable bonds is 7. The molecule has 1 aliphatic heterocycles. The molecule has 1 aromatic carbocycles. The van der Waals surface area contributed by atoms with E-state index in [1.54, 1.807) is 17.3 Å². The van der Waals surface area contributed by atoms with Gasteiger partial charge in [0.1, 0.15) is 5.76 Å². The van der Waals surface area contributed by atoms with Crippen molar-refractivity contribution in [1.82, 2.24) is 19.3 Å². The van der Waals surface area contributed by atoms with E-state index >= 15 is 0 Å². The first-order valence-electron chi connectivity index (χ1n) is 12.1. The molecule has 0 bridgehead atoms. The number of ether oxygens (including phenoxy) is 2. The summed E-state index contributed by atoms with van der Waals surface area (Å²) >= 11 is 0. The minimum Gasteiger partial charge on any atom is -0.498 e. The molecule has 1 atom stereocenters. The number of anilines is 2. The second kappa shape index (κ2) is 10.1. The van der Waals surface area contributed by atoms with Gasteiger partial charge in [-0.3, -0.25) is 9.20 Å². The topological polar surface area (TPSA) is 81.0 Å². The number of aromatic nitrogens is 3. The lowest BCUT2D eigenvalue weighted by atomic mass is 10.0. The predicted molar refractivity (Wildman–Crippen MR) is 136 cm³/mol. The molecule has 2 aliphatic rings. The van der Waals surface area contributed by atoms with Crippen LogP contribution in [0.2, 0.25) is 0 Å². The van der Waals surface area contributed by atoms with Crippen LogP contribution in [0.3, 0.4) is 0 Å². The lowest BCUT2D eigenvalue weighted by Crippen LogP contribution is -2.32. The Kier molecular flexibility index (Phi) is 6.73. The van der Waals surface area contributed by atoms with Gasteiger partial charge in [0, 0.05) is 56.2 Å². The Morgan fingerprint density at radius 3 is 2.92 bits per heavy atom. The molecule has 2 aromatic heterocycles. The average Bonchev–Trinajstić information content (AvgIpc) is 3.54. The van der Waals surface area contributed by atoms with Gasteiger partial charge in [0.05, 0.1) is 25.6 Å². The van der Waals surface area contributed by atoms with E-state index in [9.17, 15) is 9.18 Å². The average molecular weight is 492 g/mol. The standard InChI is InChI=1S/C27H30FN5O3/c1-17-12-20(5-6-21(17)27(34)32(2)15-18-8-11-36-16-18)31-25-26-30-14-23(33(26)10-9-29-25)19-4-7-24(35-3)22(28)13-19/h5-6,9-10,12-14,18H,4,7-8,11,15-16H2,1-3H3,(H,29,31). The highest BCUT2D eigenvalue weighted by Crippen LogP contribution is 2.32. The van der Waals surface area contributed by atoms with Gasteiger partial charge in [-0.15, -0.1) is 0 Å². The van der Waals surface area contributed by atoms with Crippen molar-refractivity contribution in [3.05, 3.63) is 71.3 Å². The summed E-state index contributed by atoms with van der Waals surface area (Å²) in [4.78, 5) is 23.8. The number of benzene rings is 1. The number of hydrogen-bond donors (Lipinski definition) is 1. The Bertz CT molecular complexity index is 1360. The van der Waals surface area contributed by atoms with Gasteiger partial charge < -0.3 is 19.7 Å². The fraction of sp³-hybridized carbons (Fsp3) is 0.370. The normalized spacial score (nSPS) is 17.9. The molecule has 36 heavy (non-hydrogen) atoms. The number of fused-ring (bicyclic) bond motifs is 1. The summed E-state index contributed by atoms with van der Waals surface area (Å²) < 4.78 is 26.8. The number of amides is 1. The number of halogens is 1. The van der Waals surface area contributed by atoms with E-state index in [4.69, 9.17) is 9.47 Å². The fourth-order valence-corrected chi connectivity index (χ4v) is 4.84. The van der Waals surface area contributed by atoms with E-state index in [2.05, 4.69) is 15.3 Å². The minimum absolute atomic E-state index is 0.00254. The van der Waals surface area contributed by atoms with E-state index in [0.29, 0.717) is 54.7 Å². The third kappa shape index (κ3) is 4.70. The summed E-state index contributed by atoms with van der Waals surface area (Å²) in [6.07, 6.45) is 8.90. The Morgan fingerprint density at radius 2 is 2.19 bits per heavy atom. The van der Waals surface area contributed by atoms with Crippen LogP contribution in [0.4, 0.5) is 15.9 Å². The molecule has 1 N–H and O–H groups in total. The molecule has 3 heterocycles. The van der Waals surface area contributed by atoms with Crippen molar-refractivity contribution in [1.29, 1.82) is 0 Å². The van der Waals surface area contributed by atoms with E-state index < -0.39 is 0 Å². The Morgan fingerprint density at radius 1 is 1.33 bits per heavy atom. The highest BCUT2D eigenvalue weighted by molar-refractivity contribution is 5.96. The molecule has 0 spiro atoms. The van der Waals surface area contributed by atoms with Crippen molar-refractivity contribution in [2.24, 2.45) is 5.92 Å². The summed E-state index contributed by atoms with van der Waals surface area (Å²) in [5, 5.41) is 3.32. The first-order valence-corrected chi connectivity index (χ1v) is 12.1. The molecule has 9 heteroatoms. The van der Waals surface area contributed by atoms with Crippen LogP contribution in [0.15, 0.2) is 54.5 Å². The van der Waals surface area contributed by atoms with Gasteiger partial charge in [0.25, 0.3) is 5.91 Å². The van der Waals surface area contributed by atoms with Crippen LogP contribution in [0, 0.1) is 12.8 Å². The zero-order valence-corrected chi connectivity index (χ0v) is 20.8. The maximum absolute atomic E-state index is 14.3. The third-order valence-corrected chi connectivity index (χ3v) is 6.81. The Labute approximate surface area is 209 Å². The van der Waals surface area contributed by atoms with Gasteiger partial charge in [-0.1, -0.05) is 0 Å². The molecular formula is C27H30FN5O3. The molecule has 1 aliphatic carbocycles. The maximum atomic E-state index is 14.3. The number of imidazole rings is 1. The second-order valence-corrected chi connectivity index (χ2v) is 9.33. The first-order chi connectivity index (χ1) is 17.4. The molecule has 1 saturated heterocycles. The quantitative estimate of drug-likeness (QED) is 0.507. The molecular weight excluding hydrogens is 461 g/mol. The molecule has 5 rings (SSSR count). The van der Waals surface area contributed by atoms with Crippen LogP contribution in [0.1, 0.15) is 40.9 Å². The van der Waals surface area contributed by atoms with Crippen LogP contribution in [0.5, 0.6) is 0 Å². The molecule has 1 fully saturated rings. The first kappa shape index (κ1) is 24.0. The summed E-state index contributed by atoms with van der Waals surface area (Å²) in [5.74, 6) is 0.986. The van der Waals surface area contributed by atoms with Gasteiger partial charge in [-0.2, -0.15) is 0 Å². The van der Waals surface area contributed by atoms with Crippen LogP contribution < -0.4 is 5.32 Å². The van der Waals surface area contributed by atoms with E-state index in [0.717, 1.165) is 35.5 Å². The summed E-state index contributed by atoms with van der Waals surface area (Å²) in [6.45, 7) is 4.10. The monoisotopic (exact) mass is 491 g/mol. The van der Waals surface area contributed by atoms with Crippen molar-refractivity contribution in [2.45, 2.75) is 26.2 Å². The number of allylic oxidation sites excluding steroid dienone is 4. The second-order valence-electron chi connectivity index (χ2n) is 9.33. The van der Waals surface area contributed by atoms with Gasteiger partial charge in [-0.05, 0) is 55.2 Å². The number of methoxy groups -OCH3 is 1. The van der Waals surface area contributed by atoms with Gasteiger partial charge in [-0.25, -0.2) is 14.4 Å². The third-order valence-electron chi connectivity index (χ3n) is 6.81. The zero-order chi connectivity index (χ0) is 25.2. The smallest absolute Gasteiger partial charge is 0.253 e. The zero-order valence-electron chi connectivity index (χ0n) is 20.8. The van der Waals surface area contributed by atoms with Crippen molar-refractivity contribution >= 4 is 28.6 Å². The van der Waals surface area contributed by atoms with Crippen molar-refractivity contribution in [3.63, 3.8) is 0 Å². The van der Waals surface area contributed by atoms with Gasteiger partial charge >= 0.3 is 0 Å². The molecule has 1 amide bonds. The summed E-state index contributed by atoms with van der Waals surface area (Å²) in [5.41, 5.74) is 4.65. The van der Waals surface area contributed by atoms with E-state index in [1.807, 2.05) is 42.8 Å². The summed E-state index contributed by atoms with van der Waals surface area (Å²) in [6, 6.07) is 5.65. The van der Waals surface area contributed by atoms with E-state index in [-0.39, 0.29) is 11.7 Å². The molecule has 1 unspecified atom stereocenters. The summed E-state index contributed by atoms with van der Waals surface area (Å²) in [7, 11) is 3.33. The molecule has 0 saturated carbocycles. The minimum atomic E-state index is -0.353. The van der Waals surface area contributed by atoms with Crippen molar-refractivity contribution in [3.8, 4) is 0 Å². The number of carbonyl (C=O) groups excluding carboxylic acids is 1. The molecule has 188 valence electrons. The molecule has 0 radical (unpaired) electrons. The van der Waals surface area contributed by atoms with Crippen molar-refractivity contribution < 1.29 is 18.7 Å². The number of hydrogen-bond acceptors (Lipinski definition) is 6. The van der Waals surface area contributed by atoms with Crippen LogP contribution in [-0.4, -0.2) is 59.1 Å². The number of nitrogens with one attached hydrogen (secondary N) is 1. The van der Waals surface area contributed by atoms with Gasteiger partial charge in [0.15, 0.2) is 17.3 Å². The predicted octanol–water partition coefficient (Wildman–Crippen LogP) is 4.89. The Balaban J connectivity index is 1.35. The lowest BCUT2D eigenvalue weighted by Gasteiger charge is -2.21. The Hall–Kier alpha value is -3.72. The highest BCUT2D eigenvalue weighted by Gasteiger charge is 2.22. The highest BCUT2D eigenvalue weighted by atomic mass is 19.1. The van der Waals surface area contributed by atoms with E-state index in [1.165, 1.54) is 13.2 Å². The lowest BCUT2D eigenvalue weighted by molar-refractivity contribution is 0.0765. The van der Waals surface area contributed by atoms with Crippen molar-refractivity contribution in [2.75, 3.05) is 39.2 Å². The molecule has 3 aromatic rings. The fourth-order valence-electron chi connectivity index (χ4n) is 4.84. The molecule has 8 nitrogen and oxygen atoms in total. The van der Waals surface area contributed by atoms with Gasteiger partial charge in [0.2, 0.25) is 0 Å². The number of carbonyl (C=O) groups is 1. The maximum Gasteiger partial charge on any atom is 0.253 e.